The van der Waals surface area contributed by atoms with Crippen molar-refractivity contribution in [3.8, 4) is 11.5 Å². The van der Waals surface area contributed by atoms with Gasteiger partial charge in [0.05, 0.1) is 27.0 Å². The highest BCUT2D eigenvalue weighted by molar-refractivity contribution is 5.90. The SMILES string of the molecule is COc1cc(CCC(=O)Nc2ccnn2Cc2ccc(N(C)C)cc2)cc(OC)c1. The Labute approximate surface area is 177 Å². The average Bonchev–Trinajstić information content (AvgIpc) is 3.18. The summed E-state index contributed by atoms with van der Waals surface area (Å²) in [4.78, 5) is 14.6. The summed E-state index contributed by atoms with van der Waals surface area (Å²) < 4.78 is 12.4. The molecular weight excluding hydrogens is 380 g/mol. The number of hydrogen-bond acceptors (Lipinski definition) is 5. The highest BCUT2D eigenvalue weighted by Gasteiger charge is 2.10. The number of hydrogen-bond donors (Lipinski definition) is 1. The quantitative estimate of drug-likeness (QED) is 0.586. The molecule has 1 aromatic heterocycles. The molecule has 2 aromatic carbocycles. The maximum atomic E-state index is 12.5. The molecule has 0 unspecified atom stereocenters. The number of aromatic nitrogens is 2. The first kappa shape index (κ1) is 21.2. The molecule has 1 N–H and O–H groups in total. The molecule has 7 nitrogen and oxygen atoms in total. The number of carbonyl (C=O) groups is 1. The van der Waals surface area contributed by atoms with E-state index in [-0.39, 0.29) is 5.91 Å². The second kappa shape index (κ2) is 9.82. The highest BCUT2D eigenvalue weighted by atomic mass is 16.5. The van der Waals surface area contributed by atoms with Crippen LogP contribution < -0.4 is 19.7 Å². The minimum absolute atomic E-state index is 0.0681. The summed E-state index contributed by atoms with van der Waals surface area (Å²) in [5.74, 6) is 2.03. The standard InChI is InChI=1S/C23H28N4O3/c1-26(2)19-8-5-17(6-9-19)16-27-22(11-12-24-27)25-23(28)10-7-18-13-20(29-3)15-21(14-18)30-4/h5-6,8-9,11-15H,7,10,16H2,1-4H3,(H,25,28). The monoisotopic (exact) mass is 408 g/mol. The lowest BCUT2D eigenvalue weighted by Gasteiger charge is -2.13. The Morgan fingerprint density at radius 2 is 1.67 bits per heavy atom. The van der Waals surface area contributed by atoms with Crippen molar-refractivity contribution in [1.82, 2.24) is 9.78 Å². The van der Waals surface area contributed by atoms with Crippen LogP contribution >= 0.6 is 0 Å². The van der Waals surface area contributed by atoms with Gasteiger partial charge in [-0.3, -0.25) is 4.79 Å². The number of aryl methyl sites for hydroxylation is 1. The summed E-state index contributed by atoms with van der Waals surface area (Å²) >= 11 is 0. The molecule has 30 heavy (non-hydrogen) atoms. The fourth-order valence-corrected chi connectivity index (χ4v) is 3.11. The largest absolute Gasteiger partial charge is 0.497 e. The Kier molecular flexibility index (Phi) is 6.95. The van der Waals surface area contributed by atoms with Gasteiger partial charge in [0.25, 0.3) is 0 Å². The maximum Gasteiger partial charge on any atom is 0.225 e. The van der Waals surface area contributed by atoms with Crippen molar-refractivity contribution < 1.29 is 14.3 Å². The van der Waals surface area contributed by atoms with Crippen molar-refractivity contribution in [3.05, 3.63) is 65.9 Å². The zero-order valence-electron chi connectivity index (χ0n) is 17.9. The summed E-state index contributed by atoms with van der Waals surface area (Å²) in [5, 5.41) is 7.30. The molecule has 0 fully saturated rings. The lowest BCUT2D eigenvalue weighted by molar-refractivity contribution is -0.116. The molecule has 1 heterocycles. The number of methoxy groups -OCH3 is 2. The number of ether oxygens (including phenoxy) is 2. The first-order valence-electron chi connectivity index (χ1n) is 9.78. The molecular formula is C23H28N4O3. The van der Waals surface area contributed by atoms with Gasteiger partial charge in [0.2, 0.25) is 5.91 Å². The van der Waals surface area contributed by atoms with Crippen LogP contribution in [-0.2, 0) is 17.8 Å². The molecule has 0 aliphatic carbocycles. The number of anilines is 2. The second-order valence-electron chi connectivity index (χ2n) is 7.20. The molecule has 0 aliphatic rings. The van der Waals surface area contributed by atoms with Crippen LogP contribution in [0.2, 0.25) is 0 Å². The third kappa shape index (κ3) is 5.53. The summed E-state index contributed by atoms with van der Waals surface area (Å²) in [5.41, 5.74) is 3.24. The van der Waals surface area contributed by atoms with E-state index in [9.17, 15) is 4.79 Å². The van der Waals surface area contributed by atoms with E-state index in [0.717, 1.165) is 16.8 Å². The van der Waals surface area contributed by atoms with E-state index in [4.69, 9.17) is 9.47 Å². The van der Waals surface area contributed by atoms with Crippen LogP contribution in [0.15, 0.2) is 54.7 Å². The van der Waals surface area contributed by atoms with Gasteiger partial charge >= 0.3 is 0 Å². The van der Waals surface area contributed by atoms with Crippen molar-refractivity contribution in [2.75, 3.05) is 38.5 Å². The van der Waals surface area contributed by atoms with Crippen molar-refractivity contribution in [2.45, 2.75) is 19.4 Å². The predicted molar refractivity (Wildman–Crippen MR) is 119 cm³/mol. The van der Waals surface area contributed by atoms with E-state index < -0.39 is 0 Å². The third-order valence-corrected chi connectivity index (χ3v) is 4.82. The Hall–Kier alpha value is -3.48. The number of benzene rings is 2. The number of amides is 1. The predicted octanol–water partition coefficient (Wildman–Crippen LogP) is 3.59. The van der Waals surface area contributed by atoms with E-state index in [2.05, 4.69) is 39.6 Å². The molecule has 1 amide bonds. The molecule has 0 radical (unpaired) electrons. The zero-order chi connectivity index (χ0) is 21.5. The number of carbonyl (C=O) groups excluding carboxylic acids is 1. The minimum Gasteiger partial charge on any atom is -0.497 e. The van der Waals surface area contributed by atoms with Gasteiger partial charge in [-0.05, 0) is 41.8 Å². The Morgan fingerprint density at radius 1 is 1.00 bits per heavy atom. The number of nitrogens with one attached hydrogen (secondary N) is 1. The van der Waals surface area contributed by atoms with Crippen molar-refractivity contribution in [2.24, 2.45) is 0 Å². The van der Waals surface area contributed by atoms with Crippen LogP contribution in [0, 0.1) is 0 Å². The summed E-state index contributed by atoms with van der Waals surface area (Å²) in [7, 11) is 7.25. The van der Waals surface area contributed by atoms with Gasteiger partial charge in [-0.2, -0.15) is 5.10 Å². The van der Waals surface area contributed by atoms with Gasteiger partial charge in [-0.25, -0.2) is 4.68 Å². The van der Waals surface area contributed by atoms with Crippen molar-refractivity contribution in [1.29, 1.82) is 0 Å². The van der Waals surface area contributed by atoms with E-state index in [1.165, 1.54) is 0 Å². The van der Waals surface area contributed by atoms with E-state index in [0.29, 0.717) is 36.7 Å². The van der Waals surface area contributed by atoms with E-state index in [1.54, 1.807) is 31.2 Å². The fourth-order valence-electron chi connectivity index (χ4n) is 3.11. The lowest BCUT2D eigenvalue weighted by atomic mass is 10.1. The topological polar surface area (TPSA) is 68.6 Å². The van der Waals surface area contributed by atoms with Gasteiger partial charge in [0, 0.05) is 38.3 Å². The average molecular weight is 409 g/mol. The summed E-state index contributed by atoms with van der Waals surface area (Å²) in [6, 6.07) is 15.7. The maximum absolute atomic E-state index is 12.5. The fraction of sp³-hybridized carbons (Fsp3) is 0.304. The minimum atomic E-state index is -0.0681. The molecule has 0 saturated carbocycles. The molecule has 0 spiro atoms. The second-order valence-corrected chi connectivity index (χ2v) is 7.20. The van der Waals surface area contributed by atoms with E-state index >= 15 is 0 Å². The number of nitrogens with zero attached hydrogens (tertiary/aromatic N) is 3. The lowest BCUT2D eigenvalue weighted by Crippen LogP contribution is -2.16. The molecule has 0 atom stereocenters. The molecule has 0 bridgehead atoms. The molecule has 3 aromatic rings. The molecule has 0 saturated heterocycles. The Bertz CT molecular complexity index is 958. The van der Waals surface area contributed by atoms with Crippen LogP contribution in [0.3, 0.4) is 0 Å². The van der Waals surface area contributed by atoms with Crippen molar-refractivity contribution in [3.63, 3.8) is 0 Å². The van der Waals surface area contributed by atoms with Crippen LogP contribution in [0.25, 0.3) is 0 Å². The smallest absolute Gasteiger partial charge is 0.225 e. The Balaban J connectivity index is 1.59. The number of rotatable bonds is 9. The van der Waals surface area contributed by atoms with Crippen LogP contribution in [0.1, 0.15) is 17.5 Å². The van der Waals surface area contributed by atoms with Crippen molar-refractivity contribution >= 4 is 17.4 Å². The highest BCUT2D eigenvalue weighted by Crippen LogP contribution is 2.23. The molecule has 158 valence electrons. The van der Waals surface area contributed by atoms with Crippen LogP contribution in [0.5, 0.6) is 11.5 Å². The van der Waals surface area contributed by atoms with Crippen LogP contribution in [-0.4, -0.2) is 44.0 Å². The van der Waals surface area contributed by atoms with Gasteiger partial charge < -0.3 is 19.7 Å². The van der Waals surface area contributed by atoms with Gasteiger partial charge in [0.15, 0.2) is 0 Å². The molecule has 3 rings (SSSR count). The van der Waals surface area contributed by atoms with E-state index in [1.807, 2.05) is 32.3 Å². The summed E-state index contributed by atoms with van der Waals surface area (Å²) in [6.07, 6.45) is 2.62. The van der Waals surface area contributed by atoms with Gasteiger partial charge in [0.1, 0.15) is 17.3 Å². The molecule has 0 aliphatic heterocycles. The Morgan fingerprint density at radius 3 is 2.27 bits per heavy atom. The van der Waals surface area contributed by atoms with Crippen LogP contribution in [0.4, 0.5) is 11.5 Å². The first-order chi connectivity index (χ1) is 14.5. The zero-order valence-corrected chi connectivity index (χ0v) is 17.9. The molecule has 7 heteroatoms. The van der Waals surface area contributed by atoms with Gasteiger partial charge in [-0.15, -0.1) is 0 Å². The normalized spacial score (nSPS) is 10.5. The third-order valence-electron chi connectivity index (χ3n) is 4.82. The summed E-state index contributed by atoms with van der Waals surface area (Å²) in [6.45, 7) is 0.587. The van der Waals surface area contributed by atoms with Gasteiger partial charge in [-0.1, -0.05) is 12.1 Å². The first-order valence-corrected chi connectivity index (χ1v) is 9.78.